The monoisotopic (exact) mass is 274 g/mol. The first kappa shape index (κ1) is 15.0. The largest absolute Gasteiger partial charge is 0.340 e. The fraction of sp³-hybridized carbons (Fsp3) is 0.588. The van der Waals surface area contributed by atoms with Crippen molar-refractivity contribution >= 4 is 5.91 Å². The van der Waals surface area contributed by atoms with E-state index in [0.717, 1.165) is 31.5 Å². The average Bonchev–Trinajstić information content (AvgIpc) is 2.46. The lowest BCUT2D eigenvalue weighted by Gasteiger charge is -2.38. The van der Waals surface area contributed by atoms with Crippen molar-refractivity contribution in [2.75, 3.05) is 20.1 Å². The average molecular weight is 274 g/mol. The maximum absolute atomic E-state index is 12.9. The van der Waals surface area contributed by atoms with Crippen molar-refractivity contribution in [1.29, 1.82) is 0 Å². The summed E-state index contributed by atoms with van der Waals surface area (Å²) in [6.45, 7) is 7.87. The van der Waals surface area contributed by atoms with E-state index in [1.165, 1.54) is 5.56 Å². The molecule has 1 saturated heterocycles. The Balaban J connectivity index is 2.21. The van der Waals surface area contributed by atoms with E-state index >= 15 is 0 Å². The van der Waals surface area contributed by atoms with Gasteiger partial charge in [-0.3, -0.25) is 4.79 Å². The van der Waals surface area contributed by atoms with Gasteiger partial charge in [-0.25, -0.2) is 0 Å². The van der Waals surface area contributed by atoms with Gasteiger partial charge in [0.1, 0.15) is 0 Å². The van der Waals surface area contributed by atoms with Crippen molar-refractivity contribution in [3.63, 3.8) is 0 Å². The number of amides is 1. The second kappa shape index (κ2) is 5.96. The van der Waals surface area contributed by atoms with Crippen LogP contribution in [0.5, 0.6) is 0 Å². The molecule has 2 rings (SSSR count). The lowest BCUT2D eigenvalue weighted by molar-refractivity contribution is -0.137. The zero-order valence-electron chi connectivity index (χ0n) is 13.1. The van der Waals surface area contributed by atoms with E-state index in [1.54, 1.807) is 0 Å². The Bertz CT molecular complexity index is 482. The van der Waals surface area contributed by atoms with E-state index in [2.05, 4.69) is 24.4 Å². The SMILES string of the molecule is CNC1CCCN(C(=O)C(C)(C)c2ccccc2C)C1. The number of hydrogen-bond acceptors (Lipinski definition) is 2. The summed E-state index contributed by atoms with van der Waals surface area (Å²) in [5.41, 5.74) is 1.87. The topological polar surface area (TPSA) is 32.3 Å². The highest BCUT2D eigenvalue weighted by atomic mass is 16.2. The molecule has 1 amide bonds. The summed E-state index contributed by atoms with van der Waals surface area (Å²) in [5, 5.41) is 3.30. The minimum absolute atomic E-state index is 0.242. The fourth-order valence-electron chi connectivity index (χ4n) is 3.18. The van der Waals surface area contributed by atoms with Gasteiger partial charge in [0.25, 0.3) is 0 Å². The van der Waals surface area contributed by atoms with Crippen LogP contribution >= 0.6 is 0 Å². The van der Waals surface area contributed by atoms with E-state index in [-0.39, 0.29) is 5.91 Å². The molecule has 1 aliphatic rings. The number of rotatable bonds is 3. The third-order valence-electron chi connectivity index (χ3n) is 4.47. The van der Waals surface area contributed by atoms with Crippen LogP contribution in [-0.2, 0) is 10.2 Å². The molecule has 1 aromatic carbocycles. The highest BCUT2D eigenvalue weighted by Crippen LogP contribution is 2.29. The number of carbonyl (C=O) groups is 1. The molecule has 1 fully saturated rings. The number of likely N-dealkylation sites (tertiary alicyclic amines) is 1. The van der Waals surface area contributed by atoms with Gasteiger partial charge in [-0.05, 0) is 51.8 Å². The Kier molecular flexibility index (Phi) is 4.48. The van der Waals surface area contributed by atoms with Gasteiger partial charge in [0.15, 0.2) is 0 Å². The van der Waals surface area contributed by atoms with Crippen LogP contribution in [0.25, 0.3) is 0 Å². The first-order chi connectivity index (χ1) is 9.46. The van der Waals surface area contributed by atoms with Crippen molar-refractivity contribution < 1.29 is 4.79 Å². The molecule has 110 valence electrons. The Hall–Kier alpha value is -1.35. The number of nitrogens with one attached hydrogen (secondary N) is 1. The zero-order chi connectivity index (χ0) is 14.8. The van der Waals surface area contributed by atoms with Crippen molar-refractivity contribution in [2.24, 2.45) is 0 Å². The van der Waals surface area contributed by atoms with Crippen LogP contribution in [-0.4, -0.2) is 37.0 Å². The standard InChI is InChI=1S/C17H26N2O/c1-13-8-5-6-10-15(13)17(2,3)16(20)19-11-7-9-14(12-19)18-4/h5-6,8,10,14,18H,7,9,11-12H2,1-4H3. The van der Waals surface area contributed by atoms with Gasteiger partial charge in [-0.1, -0.05) is 24.3 Å². The molecule has 1 unspecified atom stereocenters. The molecule has 0 bridgehead atoms. The molecule has 0 aromatic heterocycles. The molecule has 0 aliphatic carbocycles. The number of piperidine rings is 1. The zero-order valence-corrected chi connectivity index (χ0v) is 13.1. The van der Waals surface area contributed by atoms with Crippen molar-refractivity contribution in [3.8, 4) is 0 Å². The molecule has 1 aromatic rings. The lowest BCUT2D eigenvalue weighted by atomic mass is 9.80. The third kappa shape index (κ3) is 2.88. The van der Waals surface area contributed by atoms with Gasteiger partial charge in [-0.2, -0.15) is 0 Å². The van der Waals surface area contributed by atoms with Gasteiger partial charge in [0.05, 0.1) is 5.41 Å². The molecule has 1 heterocycles. The summed E-state index contributed by atoms with van der Waals surface area (Å²) < 4.78 is 0. The number of benzene rings is 1. The number of hydrogen-bond donors (Lipinski definition) is 1. The minimum atomic E-state index is -0.457. The van der Waals surface area contributed by atoms with Crippen molar-refractivity contribution in [2.45, 2.75) is 45.1 Å². The summed E-state index contributed by atoms with van der Waals surface area (Å²) in [6.07, 6.45) is 2.24. The number of carbonyl (C=O) groups excluding carboxylic acids is 1. The Morgan fingerprint density at radius 2 is 2.05 bits per heavy atom. The second-order valence-electron chi connectivity index (χ2n) is 6.32. The number of aryl methyl sites for hydroxylation is 1. The van der Waals surface area contributed by atoms with E-state index in [0.29, 0.717) is 6.04 Å². The second-order valence-corrected chi connectivity index (χ2v) is 6.32. The van der Waals surface area contributed by atoms with Gasteiger partial charge >= 0.3 is 0 Å². The number of nitrogens with zero attached hydrogens (tertiary/aromatic N) is 1. The van der Waals surface area contributed by atoms with Crippen molar-refractivity contribution in [3.05, 3.63) is 35.4 Å². The third-order valence-corrected chi connectivity index (χ3v) is 4.47. The van der Waals surface area contributed by atoms with E-state index in [4.69, 9.17) is 0 Å². The molecule has 0 saturated carbocycles. The maximum atomic E-state index is 12.9. The summed E-state index contributed by atoms with van der Waals surface area (Å²) >= 11 is 0. The summed E-state index contributed by atoms with van der Waals surface area (Å²) in [5.74, 6) is 0.242. The predicted molar refractivity (Wildman–Crippen MR) is 82.9 cm³/mol. The first-order valence-electron chi connectivity index (χ1n) is 7.49. The summed E-state index contributed by atoms with van der Waals surface area (Å²) in [7, 11) is 1.98. The van der Waals surface area contributed by atoms with E-state index < -0.39 is 5.41 Å². The highest BCUT2D eigenvalue weighted by Gasteiger charge is 2.36. The van der Waals surface area contributed by atoms with Crippen molar-refractivity contribution in [1.82, 2.24) is 10.2 Å². The van der Waals surface area contributed by atoms with Gasteiger partial charge in [0.2, 0.25) is 5.91 Å². The minimum Gasteiger partial charge on any atom is -0.340 e. The van der Waals surface area contributed by atoms with Gasteiger partial charge < -0.3 is 10.2 Å². The summed E-state index contributed by atoms with van der Waals surface area (Å²) in [4.78, 5) is 15.0. The molecular weight excluding hydrogens is 248 g/mol. The number of likely N-dealkylation sites (N-methyl/N-ethyl adjacent to an activating group) is 1. The first-order valence-corrected chi connectivity index (χ1v) is 7.49. The maximum Gasteiger partial charge on any atom is 0.232 e. The molecular formula is C17H26N2O. The molecule has 3 nitrogen and oxygen atoms in total. The molecule has 3 heteroatoms. The highest BCUT2D eigenvalue weighted by molar-refractivity contribution is 5.88. The Labute approximate surface area is 122 Å². The van der Waals surface area contributed by atoms with Crippen LogP contribution in [0.3, 0.4) is 0 Å². The molecule has 20 heavy (non-hydrogen) atoms. The molecule has 1 atom stereocenters. The summed E-state index contributed by atoms with van der Waals surface area (Å²) in [6, 6.07) is 8.63. The molecule has 0 radical (unpaired) electrons. The Morgan fingerprint density at radius 1 is 1.35 bits per heavy atom. The Morgan fingerprint density at radius 3 is 2.70 bits per heavy atom. The van der Waals surface area contributed by atoms with Crippen LogP contribution in [0.2, 0.25) is 0 Å². The molecule has 1 aliphatic heterocycles. The smallest absolute Gasteiger partial charge is 0.232 e. The quantitative estimate of drug-likeness (QED) is 0.918. The van der Waals surface area contributed by atoms with Crippen LogP contribution in [0.4, 0.5) is 0 Å². The normalized spacial score (nSPS) is 20.0. The van der Waals surface area contributed by atoms with Crippen LogP contribution in [0.1, 0.15) is 37.8 Å². The van der Waals surface area contributed by atoms with Gasteiger partial charge in [0, 0.05) is 19.1 Å². The molecule has 1 N–H and O–H groups in total. The van der Waals surface area contributed by atoms with E-state index in [1.807, 2.05) is 37.9 Å². The fourth-order valence-corrected chi connectivity index (χ4v) is 3.18. The van der Waals surface area contributed by atoms with Crippen LogP contribution in [0.15, 0.2) is 24.3 Å². The van der Waals surface area contributed by atoms with Gasteiger partial charge in [-0.15, -0.1) is 0 Å². The predicted octanol–water partition coefficient (Wildman–Crippen LogP) is 2.48. The molecule has 0 spiro atoms. The lowest BCUT2D eigenvalue weighted by Crippen LogP contribution is -2.52. The van der Waals surface area contributed by atoms with Crippen LogP contribution < -0.4 is 5.32 Å². The van der Waals surface area contributed by atoms with Crippen LogP contribution in [0, 0.1) is 6.92 Å². The van der Waals surface area contributed by atoms with E-state index in [9.17, 15) is 4.79 Å².